The summed E-state index contributed by atoms with van der Waals surface area (Å²) in [7, 11) is 3.99. The Balaban J connectivity index is 0.000000390. The van der Waals surface area contributed by atoms with Gasteiger partial charge in [0.15, 0.2) is 0 Å². The molecule has 1 aliphatic rings. The quantitative estimate of drug-likeness (QED) is 0.579. The third-order valence-electron chi connectivity index (χ3n) is 4.31. The van der Waals surface area contributed by atoms with Crippen LogP contribution in [0, 0.1) is 0 Å². The molecule has 0 amide bonds. The number of para-hydroxylation sites is 1. The summed E-state index contributed by atoms with van der Waals surface area (Å²) < 4.78 is 39.3. The van der Waals surface area contributed by atoms with E-state index in [0.29, 0.717) is 24.4 Å². The number of carbonyl (C=O) groups is 2. The average molecular weight is 468 g/mol. The highest BCUT2D eigenvalue weighted by molar-refractivity contribution is 7.99. The number of fused-ring (bicyclic) bond motifs is 2. The molecule has 6 nitrogen and oxygen atoms in total. The van der Waals surface area contributed by atoms with Crippen LogP contribution in [0.15, 0.2) is 64.4 Å². The second-order valence-corrected chi connectivity index (χ2v) is 8.15. The molecular formula is C22H23F3N2O4S. The van der Waals surface area contributed by atoms with Crippen LogP contribution in [0.5, 0.6) is 0 Å². The molecule has 172 valence electrons. The Morgan fingerprint density at radius 1 is 1.00 bits per heavy atom. The Bertz CT molecular complexity index is 977. The molecule has 0 saturated carbocycles. The van der Waals surface area contributed by atoms with Crippen molar-refractivity contribution in [2.75, 3.05) is 32.1 Å². The van der Waals surface area contributed by atoms with Crippen LogP contribution < -0.4 is 4.90 Å². The molecule has 10 heteroatoms. The predicted octanol–water partition coefficient (Wildman–Crippen LogP) is 4.97. The lowest BCUT2D eigenvalue weighted by atomic mass is 10.1. The Labute approximate surface area is 187 Å². The number of hydrogen-bond donors (Lipinski definition) is 2. The first-order valence-electron chi connectivity index (χ1n) is 9.53. The van der Waals surface area contributed by atoms with Gasteiger partial charge in [-0.1, -0.05) is 23.9 Å². The first-order valence-corrected chi connectivity index (χ1v) is 10.3. The van der Waals surface area contributed by atoms with Gasteiger partial charge in [-0.3, -0.25) is 0 Å². The second kappa shape index (κ2) is 11.1. The van der Waals surface area contributed by atoms with Gasteiger partial charge >= 0.3 is 18.1 Å². The summed E-state index contributed by atoms with van der Waals surface area (Å²) in [6, 6.07) is 11.9. The second-order valence-electron chi connectivity index (χ2n) is 7.07. The summed E-state index contributed by atoms with van der Waals surface area (Å²) in [5.41, 5.74) is 1.03. The molecular weight excluding hydrogens is 445 g/mol. The van der Waals surface area contributed by atoms with E-state index in [4.69, 9.17) is 10.2 Å². The Morgan fingerprint density at radius 3 is 2.16 bits per heavy atom. The van der Waals surface area contributed by atoms with E-state index in [2.05, 4.69) is 4.90 Å². The van der Waals surface area contributed by atoms with Crippen molar-refractivity contribution in [2.45, 2.75) is 22.4 Å². The molecule has 0 aromatic heterocycles. The van der Waals surface area contributed by atoms with Gasteiger partial charge in [0.05, 0.1) is 16.9 Å². The van der Waals surface area contributed by atoms with Crippen LogP contribution in [-0.2, 0) is 15.8 Å². The molecule has 0 unspecified atom stereocenters. The topological polar surface area (TPSA) is 81.1 Å². The number of hydrogen-bond acceptors (Lipinski definition) is 5. The first kappa shape index (κ1) is 25.3. The van der Waals surface area contributed by atoms with Crippen molar-refractivity contribution in [3.8, 4) is 0 Å². The molecule has 0 aliphatic carbocycles. The maximum absolute atomic E-state index is 13.1. The summed E-state index contributed by atoms with van der Waals surface area (Å²) in [5, 5.41) is 15.6. The SMILES string of the molecule is CN(C)CCCN1c2ccccc2Sc2ccc(C(F)(F)F)cc21.O=C(O)/C=C\C(=O)O. The standard InChI is InChI=1S/C18H19F3N2S.C4H4O4/c1-22(2)10-5-11-23-14-6-3-4-7-16(14)24-17-9-8-13(12-15(17)23)18(19,20)21;5-3(6)1-2-4(7)8/h3-4,6-9,12H,5,10-11H2,1-2H3;1-2H,(H,5,6)(H,7,8)/b;2-1-. The molecule has 1 aliphatic heterocycles. The molecule has 0 atom stereocenters. The van der Waals surface area contributed by atoms with Crippen LogP contribution in [0.25, 0.3) is 0 Å². The predicted molar refractivity (Wildman–Crippen MR) is 117 cm³/mol. The molecule has 2 N–H and O–H groups in total. The molecule has 3 rings (SSSR count). The van der Waals surface area contributed by atoms with Crippen LogP contribution in [0.2, 0.25) is 0 Å². The van der Waals surface area contributed by atoms with Crippen molar-refractivity contribution < 1.29 is 33.0 Å². The third-order valence-corrected chi connectivity index (χ3v) is 5.44. The minimum atomic E-state index is -4.33. The number of halogens is 3. The molecule has 32 heavy (non-hydrogen) atoms. The van der Waals surface area contributed by atoms with Crippen molar-refractivity contribution in [1.29, 1.82) is 0 Å². The molecule has 0 radical (unpaired) electrons. The van der Waals surface area contributed by atoms with E-state index in [-0.39, 0.29) is 0 Å². The maximum atomic E-state index is 13.1. The smallest absolute Gasteiger partial charge is 0.416 e. The van der Waals surface area contributed by atoms with Crippen molar-refractivity contribution in [3.05, 3.63) is 60.2 Å². The van der Waals surface area contributed by atoms with E-state index in [1.807, 2.05) is 43.3 Å². The number of aliphatic carboxylic acids is 2. The van der Waals surface area contributed by atoms with Crippen LogP contribution in [0.1, 0.15) is 12.0 Å². The lowest BCUT2D eigenvalue weighted by Crippen LogP contribution is -2.25. The van der Waals surface area contributed by atoms with Crippen LogP contribution >= 0.6 is 11.8 Å². The van der Waals surface area contributed by atoms with E-state index in [1.165, 1.54) is 17.8 Å². The minimum Gasteiger partial charge on any atom is -0.478 e. The molecule has 2 aromatic rings. The Morgan fingerprint density at radius 2 is 1.59 bits per heavy atom. The monoisotopic (exact) mass is 468 g/mol. The molecule has 2 aromatic carbocycles. The van der Waals surface area contributed by atoms with Crippen molar-refractivity contribution in [2.24, 2.45) is 0 Å². The largest absolute Gasteiger partial charge is 0.478 e. The summed E-state index contributed by atoms with van der Waals surface area (Å²) >= 11 is 1.53. The lowest BCUT2D eigenvalue weighted by Gasteiger charge is -2.33. The van der Waals surface area contributed by atoms with Gasteiger partial charge in [-0.15, -0.1) is 0 Å². The van der Waals surface area contributed by atoms with E-state index >= 15 is 0 Å². The fraction of sp³-hybridized carbons (Fsp3) is 0.273. The lowest BCUT2D eigenvalue weighted by molar-refractivity contribution is -0.137. The van der Waals surface area contributed by atoms with Gasteiger partial charge in [-0.2, -0.15) is 13.2 Å². The van der Waals surface area contributed by atoms with Gasteiger partial charge in [-0.25, -0.2) is 9.59 Å². The van der Waals surface area contributed by atoms with Crippen molar-refractivity contribution >= 4 is 35.1 Å². The van der Waals surface area contributed by atoms with Gasteiger partial charge < -0.3 is 20.0 Å². The van der Waals surface area contributed by atoms with Gasteiger partial charge in [0.25, 0.3) is 0 Å². The Hall–Kier alpha value is -2.98. The zero-order chi connectivity index (χ0) is 23.9. The van der Waals surface area contributed by atoms with Crippen LogP contribution in [0.3, 0.4) is 0 Å². The molecule has 0 spiro atoms. The molecule has 1 heterocycles. The van der Waals surface area contributed by atoms with Gasteiger partial charge in [-0.05, 0) is 57.4 Å². The summed E-state index contributed by atoms with van der Waals surface area (Å²) in [6.07, 6.45) is -2.33. The van der Waals surface area contributed by atoms with Gasteiger partial charge in [0.1, 0.15) is 0 Å². The highest BCUT2D eigenvalue weighted by Crippen LogP contribution is 2.49. The van der Waals surface area contributed by atoms with Gasteiger partial charge in [0, 0.05) is 28.5 Å². The third kappa shape index (κ3) is 7.31. The average Bonchev–Trinajstić information content (AvgIpc) is 2.71. The number of carboxylic acid groups (broad SMARTS) is 2. The number of nitrogens with zero attached hydrogens (tertiary/aromatic N) is 2. The Kier molecular flexibility index (Phi) is 8.73. The molecule has 0 bridgehead atoms. The van der Waals surface area contributed by atoms with E-state index in [1.54, 1.807) is 6.07 Å². The van der Waals surface area contributed by atoms with E-state index in [0.717, 1.165) is 34.5 Å². The summed E-state index contributed by atoms with van der Waals surface area (Å²) in [4.78, 5) is 25.1. The maximum Gasteiger partial charge on any atom is 0.416 e. The van der Waals surface area contributed by atoms with Crippen LogP contribution in [0.4, 0.5) is 24.5 Å². The fourth-order valence-corrected chi connectivity index (χ4v) is 4.01. The number of benzene rings is 2. The molecule has 0 fully saturated rings. The zero-order valence-corrected chi connectivity index (χ0v) is 18.3. The fourth-order valence-electron chi connectivity index (χ4n) is 2.93. The number of carboxylic acids is 2. The van der Waals surface area contributed by atoms with E-state index in [9.17, 15) is 22.8 Å². The summed E-state index contributed by atoms with van der Waals surface area (Å²) in [6.45, 7) is 1.57. The number of alkyl halides is 3. The van der Waals surface area contributed by atoms with Crippen molar-refractivity contribution in [3.63, 3.8) is 0 Å². The van der Waals surface area contributed by atoms with Crippen LogP contribution in [-0.4, -0.2) is 54.2 Å². The highest BCUT2D eigenvalue weighted by Gasteiger charge is 2.33. The molecule has 0 saturated heterocycles. The highest BCUT2D eigenvalue weighted by atomic mass is 32.2. The van der Waals surface area contributed by atoms with Gasteiger partial charge in [0.2, 0.25) is 0 Å². The normalized spacial score (nSPS) is 12.8. The van der Waals surface area contributed by atoms with E-state index < -0.39 is 23.7 Å². The summed E-state index contributed by atoms with van der Waals surface area (Å²) in [5.74, 6) is -2.51. The zero-order valence-electron chi connectivity index (χ0n) is 17.5. The first-order chi connectivity index (χ1) is 15.0. The van der Waals surface area contributed by atoms with Crippen molar-refractivity contribution in [1.82, 2.24) is 4.90 Å². The number of rotatable bonds is 6. The number of anilines is 2. The minimum absolute atomic E-state index is 0.558.